The SMILES string of the molecule is CNC(=O)N(CCC=O)c1cncc2c1ccn2C1CCN(CC2CCN(c3ccc(C(=O)NC4CCCCC4)nn3)CC2)CC1. The van der Waals surface area contributed by atoms with Crippen molar-refractivity contribution in [1.29, 1.82) is 0 Å². The number of rotatable bonds is 10. The van der Waals surface area contributed by atoms with E-state index in [0.29, 0.717) is 24.2 Å². The molecule has 12 nitrogen and oxygen atoms in total. The van der Waals surface area contributed by atoms with Crippen LogP contribution in [0.4, 0.5) is 16.3 Å². The largest absolute Gasteiger partial charge is 0.355 e. The number of hydrogen-bond donors (Lipinski definition) is 2. The molecule has 2 N–H and O–H groups in total. The molecule has 0 bridgehead atoms. The number of carbonyl (C=O) groups is 3. The van der Waals surface area contributed by atoms with Gasteiger partial charge in [-0.05, 0) is 62.6 Å². The van der Waals surface area contributed by atoms with Gasteiger partial charge in [0.15, 0.2) is 11.5 Å². The third-order valence-electron chi connectivity index (χ3n) is 10.1. The highest BCUT2D eigenvalue weighted by Crippen LogP contribution is 2.33. The van der Waals surface area contributed by atoms with E-state index in [2.05, 4.69) is 52.4 Å². The van der Waals surface area contributed by atoms with E-state index in [0.717, 1.165) is 99.9 Å². The fraction of sp³-hybridized carbons (Fsp3) is 0.588. The predicted molar refractivity (Wildman–Crippen MR) is 178 cm³/mol. The molecule has 1 aliphatic carbocycles. The van der Waals surface area contributed by atoms with Gasteiger partial charge in [-0.25, -0.2) is 4.79 Å². The van der Waals surface area contributed by atoms with E-state index in [4.69, 9.17) is 0 Å². The number of likely N-dealkylation sites (tertiary alicyclic amines) is 1. The predicted octanol–water partition coefficient (Wildman–Crippen LogP) is 4.18. The number of aromatic nitrogens is 4. The summed E-state index contributed by atoms with van der Waals surface area (Å²) in [5.41, 5.74) is 2.14. The van der Waals surface area contributed by atoms with Crippen molar-refractivity contribution in [2.24, 2.45) is 5.92 Å². The molecule has 0 unspecified atom stereocenters. The fourth-order valence-corrected chi connectivity index (χ4v) is 7.45. The Morgan fingerprint density at radius 1 is 0.957 bits per heavy atom. The molecule has 12 heteroatoms. The average molecular weight is 630 g/mol. The Balaban J connectivity index is 0.980. The first kappa shape index (κ1) is 31.9. The van der Waals surface area contributed by atoms with Gasteiger partial charge in [0.2, 0.25) is 0 Å². The molecule has 246 valence electrons. The zero-order valence-corrected chi connectivity index (χ0v) is 26.9. The van der Waals surface area contributed by atoms with Crippen LogP contribution in [-0.2, 0) is 4.79 Å². The maximum atomic E-state index is 12.6. The third kappa shape index (κ3) is 7.32. The number of hydrogen-bond acceptors (Lipinski definition) is 8. The summed E-state index contributed by atoms with van der Waals surface area (Å²) < 4.78 is 2.31. The number of aldehydes is 1. The van der Waals surface area contributed by atoms with Crippen LogP contribution in [0.1, 0.15) is 80.7 Å². The normalized spacial score (nSPS) is 18.8. The minimum atomic E-state index is -0.247. The maximum Gasteiger partial charge on any atom is 0.321 e. The quantitative estimate of drug-likeness (QED) is 0.320. The zero-order valence-electron chi connectivity index (χ0n) is 26.9. The summed E-state index contributed by atoms with van der Waals surface area (Å²) in [5.74, 6) is 1.40. The summed E-state index contributed by atoms with van der Waals surface area (Å²) in [7, 11) is 1.60. The van der Waals surface area contributed by atoms with Crippen LogP contribution >= 0.6 is 0 Å². The zero-order chi connectivity index (χ0) is 31.9. The maximum absolute atomic E-state index is 12.6. The molecule has 46 heavy (non-hydrogen) atoms. The first-order valence-electron chi connectivity index (χ1n) is 17.0. The highest BCUT2D eigenvalue weighted by Gasteiger charge is 2.27. The van der Waals surface area contributed by atoms with Gasteiger partial charge in [0.25, 0.3) is 5.91 Å². The van der Waals surface area contributed by atoms with Crippen molar-refractivity contribution >= 4 is 40.6 Å². The Labute approximate surface area is 270 Å². The van der Waals surface area contributed by atoms with Gasteiger partial charge in [-0.15, -0.1) is 10.2 Å². The fourth-order valence-electron chi connectivity index (χ4n) is 7.45. The standard InChI is InChI=1S/C34H47N9O3/c1-35-34(46)43(15-5-21-44)31-23-36-22-30-28(31)14-20-42(30)27-12-16-40(17-13-27)24-25-10-18-41(19-11-25)32-9-8-29(38-39-32)33(45)37-26-6-3-2-4-7-26/h8-9,14,20-23,25-27H,2-7,10-13,15-19,24H2,1H3,(H,35,46)(H,37,45). The van der Waals surface area contributed by atoms with Crippen LogP contribution in [0, 0.1) is 5.92 Å². The lowest BCUT2D eigenvalue weighted by molar-refractivity contribution is -0.107. The molecular formula is C34H47N9O3. The van der Waals surface area contributed by atoms with Gasteiger partial charge in [0.05, 0.1) is 23.6 Å². The highest BCUT2D eigenvalue weighted by molar-refractivity contribution is 6.02. The number of piperidine rings is 2. The summed E-state index contributed by atoms with van der Waals surface area (Å²) in [6, 6.07) is 6.21. The monoisotopic (exact) mass is 629 g/mol. The van der Waals surface area contributed by atoms with E-state index in [1.54, 1.807) is 18.1 Å². The first-order valence-corrected chi connectivity index (χ1v) is 17.0. The first-order chi connectivity index (χ1) is 22.5. The van der Waals surface area contributed by atoms with Gasteiger partial charge in [-0.1, -0.05) is 19.3 Å². The van der Waals surface area contributed by atoms with Gasteiger partial charge in [0, 0.05) is 76.4 Å². The number of anilines is 2. The molecule has 3 amide bonds. The Morgan fingerprint density at radius 2 is 1.74 bits per heavy atom. The second-order valence-corrected chi connectivity index (χ2v) is 13.0. The van der Waals surface area contributed by atoms with Gasteiger partial charge in [-0.2, -0.15) is 0 Å². The van der Waals surface area contributed by atoms with Crippen LogP contribution in [0.2, 0.25) is 0 Å². The summed E-state index contributed by atoms with van der Waals surface area (Å²) in [6.07, 6.45) is 16.9. The van der Waals surface area contributed by atoms with E-state index in [-0.39, 0.29) is 24.4 Å². The van der Waals surface area contributed by atoms with Crippen molar-refractivity contribution in [3.63, 3.8) is 0 Å². The second-order valence-electron chi connectivity index (χ2n) is 13.0. The molecule has 0 aromatic carbocycles. The van der Waals surface area contributed by atoms with Crippen LogP contribution in [0.15, 0.2) is 36.8 Å². The van der Waals surface area contributed by atoms with E-state index in [9.17, 15) is 14.4 Å². The van der Waals surface area contributed by atoms with Gasteiger partial charge >= 0.3 is 6.03 Å². The summed E-state index contributed by atoms with van der Waals surface area (Å²) in [4.78, 5) is 47.2. The van der Waals surface area contributed by atoms with Crippen LogP contribution in [0.3, 0.4) is 0 Å². The van der Waals surface area contributed by atoms with Crippen molar-refractivity contribution in [3.05, 3.63) is 42.5 Å². The summed E-state index contributed by atoms with van der Waals surface area (Å²) >= 11 is 0. The molecule has 0 atom stereocenters. The van der Waals surface area contributed by atoms with Gasteiger partial charge in [-0.3, -0.25) is 14.7 Å². The molecular weight excluding hydrogens is 582 g/mol. The molecule has 3 aromatic heterocycles. The van der Waals surface area contributed by atoms with Crippen LogP contribution in [0.25, 0.3) is 10.9 Å². The van der Waals surface area contributed by atoms with Crippen LogP contribution < -0.4 is 20.4 Å². The number of fused-ring (bicyclic) bond motifs is 1. The molecule has 1 saturated carbocycles. The van der Waals surface area contributed by atoms with Crippen molar-refractivity contribution in [1.82, 2.24) is 35.3 Å². The van der Waals surface area contributed by atoms with Crippen molar-refractivity contribution in [2.75, 3.05) is 56.1 Å². The number of carbonyl (C=O) groups excluding carboxylic acids is 3. The van der Waals surface area contributed by atoms with Gasteiger partial charge in [0.1, 0.15) is 6.29 Å². The molecule has 3 fully saturated rings. The lowest BCUT2D eigenvalue weighted by atomic mass is 9.94. The van der Waals surface area contributed by atoms with E-state index in [1.165, 1.54) is 19.3 Å². The Morgan fingerprint density at radius 3 is 2.43 bits per heavy atom. The number of urea groups is 1. The molecule has 3 aromatic rings. The van der Waals surface area contributed by atoms with E-state index >= 15 is 0 Å². The lowest BCUT2D eigenvalue weighted by Gasteiger charge is -2.38. The molecule has 2 saturated heterocycles. The number of nitrogens with zero attached hydrogens (tertiary/aromatic N) is 7. The molecule has 2 aliphatic heterocycles. The third-order valence-corrected chi connectivity index (χ3v) is 10.1. The van der Waals surface area contributed by atoms with Crippen molar-refractivity contribution < 1.29 is 14.4 Å². The second kappa shape index (κ2) is 15.0. The van der Waals surface area contributed by atoms with Crippen molar-refractivity contribution in [3.8, 4) is 0 Å². The van der Waals surface area contributed by atoms with Crippen LogP contribution in [-0.4, -0.2) is 95.2 Å². The average Bonchev–Trinajstić information content (AvgIpc) is 3.54. The van der Waals surface area contributed by atoms with E-state index < -0.39 is 0 Å². The lowest BCUT2D eigenvalue weighted by Crippen LogP contribution is -2.42. The number of nitrogens with one attached hydrogen (secondary N) is 2. The van der Waals surface area contributed by atoms with Crippen molar-refractivity contribution in [2.45, 2.75) is 76.3 Å². The van der Waals surface area contributed by atoms with E-state index in [1.807, 2.05) is 18.3 Å². The number of amides is 3. The molecule has 0 spiro atoms. The Kier molecular flexibility index (Phi) is 10.4. The summed E-state index contributed by atoms with van der Waals surface area (Å²) in [6.45, 7) is 5.43. The highest BCUT2D eigenvalue weighted by atomic mass is 16.2. The molecule has 0 radical (unpaired) electrons. The Bertz CT molecular complexity index is 1470. The minimum Gasteiger partial charge on any atom is -0.355 e. The molecule has 6 rings (SSSR count). The Hall–Kier alpha value is -4.06. The molecule has 5 heterocycles. The smallest absolute Gasteiger partial charge is 0.321 e. The minimum absolute atomic E-state index is 0.112. The topological polar surface area (TPSA) is 129 Å². The number of pyridine rings is 1. The van der Waals surface area contributed by atoms with Crippen LogP contribution in [0.5, 0.6) is 0 Å². The molecule has 3 aliphatic rings. The van der Waals surface area contributed by atoms with Gasteiger partial charge < -0.3 is 29.8 Å². The summed E-state index contributed by atoms with van der Waals surface area (Å²) in [5, 5.41) is 15.5.